The minimum Gasteiger partial charge on any atom is -0.489 e. The lowest BCUT2D eigenvalue weighted by Crippen LogP contribution is -2.42. The third kappa shape index (κ3) is 4.68. The zero-order valence-electron chi connectivity index (χ0n) is 20.5. The van der Waals surface area contributed by atoms with E-state index in [9.17, 15) is 5.11 Å². The zero-order valence-corrected chi connectivity index (χ0v) is 20.5. The van der Waals surface area contributed by atoms with Gasteiger partial charge in [-0.15, -0.1) is 0 Å². The summed E-state index contributed by atoms with van der Waals surface area (Å²) < 4.78 is 8.39. The average Bonchev–Trinajstić information content (AvgIpc) is 3.27. The van der Waals surface area contributed by atoms with Gasteiger partial charge in [0.25, 0.3) is 0 Å². The Labute approximate surface area is 211 Å². The maximum absolute atomic E-state index is 9.78. The van der Waals surface area contributed by atoms with Crippen LogP contribution in [-0.2, 0) is 6.61 Å². The van der Waals surface area contributed by atoms with E-state index in [0.29, 0.717) is 24.4 Å². The Bertz CT molecular complexity index is 1320. The molecule has 1 aliphatic heterocycles. The van der Waals surface area contributed by atoms with Gasteiger partial charge < -0.3 is 25.0 Å². The van der Waals surface area contributed by atoms with Gasteiger partial charge >= 0.3 is 0 Å². The predicted molar refractivity (Wildman–Crippen MR) is 142 cm³/mol. The minimum atomic E-state index is -0.118. The molecule has 4 aromatic rings. The van der Waals surface area contributed by atoms with Gasteiger partial charge in [0.2, 0.25) is 0 Å². The summed E-state index contributed by atoms with van der Waals surface area (Å²) in [5.41, 5.74) is 10.5. The fraction of sp³-hybridized carbons (Fsp3) is 0.379. The van der Waals surface area contributed by atoms with E-state index in [1.165, 1.54) is 0 Å². The first kappa shape index (κ1) is 23.0. The van der Waals surface area contributed by atoms with Crippen LogP contribution >= 0.6 is 0 Å². The van der Waals surface area contributed by atoms with Crippen LogP contribution in [0.15, 0.2) is 67.1 Å². The Morgan fingerprint density at radius 3 is 2.61 bits per heavy atom. The van der Waals surface area contributed by atoms with Gasteiger partial charge in [-0.3, -0.25) is 0 Å². The molecule has 2 aromatic carbocycles. The minimum absolute atomic E-state index is 0.118. The van der Waals surface area contributed by atoms with Crippen molar-refractivity contribution in [3.8, 4) is 16.9 Å². The SMILES string of the molecule is Nc1ncnc2c1c(-c1cccc(OCc3ccccc3)c1)cn2[C@H]1C[C@@H](CN2CCC(O)CC2)C1. The number of nitrogens with two attached hydrogens (primary N) is 1. The molecule has 2 fully saturated rings. The van der Waals surface area contributed by atoms with Crippen LogP contribution in [0.5, 0.6) is 5.75 Å². The molecule has 0 unspecified atom stereocenters. The molecule has 2 aliphatic rings. The monoisotopic (exact) mass is 483 g/mol. The van der Waals surface area contributed by atoms with E-state index in [1.54, 1.807) is 6.33 Å². The van der Waals surface area contributed by atoms with E-state index in [1.807, 2.05) is 30.3 Å². The van der Waals surface area contributed by atoms with E-state index in [-0.39, 0.29) is 6.10 Å². The van der Waals surface area contributed by atoms with Gasteiger partial charge in [0, 0.05) is 37.4 Å². The summed E-state index contributed by atoms with van der Waals surface area (Å²) in [6.07, 6.45) is 7.70. The van der Waals surface area contributed by atoms with Crippen molar-refractivity contribution in [1.29, 1.82) is 0 Å². The fourth-order valence-electron chi connectivity index (χ4n) is 5.64. The van der Waals surface area contributed by atoms with Crippen molar-refractivity contribution in [2.45, 2.75) is 44.4 Å². The quantitative estimate of drug-likeness (QED) is 0.397. The van der Waals surface area contributed by atoms with Crippen molar-refractivity contribution in [2.75, 3.05) is 25.4 Å². The van der Waals surface area contributed by atoms with Crippen LogP contribution in [0.4, 0.5) is 5.82 Å². The van der Waals surface area contributed by atoms with Crippen molar-refractivity contribution in [1.82, 2.24) is 19.4 Å². The van der Waals surface area contributed by atoms with Gasteiger partial charge in [0.05, 0.1) is 11.5 Å². The number of likely N-dealkylation sites (tertiary alicyclic amines) is 1. The molecule has 186 valence electrons. The molecule has 0 radical (unpaired) electrons. The number of aliphatic hydroxyl groups is 1. The van der Waals surface area contributed by atoms with Gasteiger partial charge in [-0.25, -0.2) is 9.97 Å². The molecular formula is C29H33N5O2. The second-order valence-corrected chi connectivity index (χ2v) is 10.2. The van der Waals surface area contributed by atoms with E-state index in [4.69, 9.17) is 10.5 Å². The standard InChI is InChI=1S/C29H33N5O2/c30-28-27-26(22-7-4-8-25(15-22)36-18-20-5-2-1-3-6-20)17-34(29(27)32-19-31-28)23-13-21(14-23)16-33-11-9-24(35)10-12-33/h1-8,15,17,19,21,23-24,35H,9-14,16,18H2,(H2,30,31,32)/t21-,23+. The first-order valence-electron chi connectivity index (χ1n) is 12.9. The molecule has 3 N–H and O–H groups in total. The maximum atomic E-state index is 9.78. The van der Waals surface area contributed by atoms with Crippen molar-refractivity contribution in [3.05, 3.63) is 72.7 Å². The van der Waals surface area contributed by atoms with Gasteiger partial charge in [0.1, 0.15) is 30.1 Å². The summed E-state index contributed by atoms with van der Waals surface area (Å²) in [6.45, 7) is 3.65. The van der Waals surface area contributed by atoms with Gasteiger partial charge in [-0.1, -0.05) is 42.5 Å². The number of ether oxygens (including phenoxy) is 1. The van der Waals surface area contributed by atoms with E-state index in [2.05, 4.69) is 49.9 Å². The third-order valence-electron chi connectivity index (χ3n) is 7.71. The number of hydrogen-bond donors (Lipinski definition) is 2. The van der Waals surface area contributed by atoms with E-state index >= 15 is 0 Å². The average molecular weight is 484 g/mol. The topological polar surface area (TPSA) is 89.4 Å². The molecule has 0 amide bonds. The van der Waals surface area contributed by atoms with E-state index in [0.717, 1.165) is 78.8 Å². The lowest BCUT2D eigenvalue weighted by atomic mass is 9.79. The molecule has 3 heterocycles. The van der Waals surface area contributed by atoms with Crippen molar-refractivity contribution < 1.29 is 9.84 Å². The lowest BCUT2D eigenvalue weighted by molar-refractivity contribution is 0.0569. The number of anilines is 1. The van der Waals surface area contributed by atoms with Crippen LogP contribution in [-0.4, -0.2) is 50.3 Å². The van der Waals surface area contributed by atoms with Crippen molar-refractivity contribution in [3.63, 3.8) is 0 Å². The number of aliphatic hydroxyl groups excluding tert-OH is 1. The number of hydrogen-bond acceptors (Lipinski definition) is 6. The summed E-state index contributed by atoms with van der Waals surface area (Å²) in [5, 5.41) is 10.7. The number of nitrogen functional groups attached to an aromatic ring is 1. The van der Waals surface area contributed by atoms with Crippen LogP contribution in [0.1, 0.15) is 37.3 Å². The van der Waals surface area contributed by atoms with Crippen molar-refractivity contribution >= 4 is 16.9 Å². The maximum Gasteiger partial charge on any atom is 0.146 e. The number of aromatic nitrogens is 3. The van der Waals surface area contributed by atoms with Gasteiger partial charge in [-0.05, 0) is 54.9 Å². The Morgan fingerprint density at radius 2 is 1.81 bits per heavy atom. The molecule has 0 atom stereocenters. The smallest absolute Gasteiger partial charge is 0.146 e. The van der Waals surface area contributed by atoms with Crippen LogP contribution < -0.4 is 10.5 Å². The lowest BCUT2D eigenvalue weighted by Gasteiger charge is -2.41. The summed E-state index contributed by atoms with van der Waals surface area (Å²) in [4.78, 5) is 11.5. The molecule has 1 saturated heterocycles. The number of nitrogens with zero attached hydrogens (tertiary/aromatic N) is 4. The fourth-order valence-corrected chi connectivity index (χ4v) is 5.64. The highest BCUT2D eigenvalue weighted by Crippen LogP contribution is 2.43. The van der Waals surface area contributed by atoms with Crippen LogP contribution in [0, 0.1) is 5.92 Å². The third-order valence-corrected chi connectivity index (χ3v) is 7.71. The van der Waals surface area contributed by atoms with Crippen LogP contribution in [0.25, 0.3) is 22.2 Å². The Balaban J connectivity index is 1.21. The summed E-state index contributed by atoms with van der Waals surface area (Å²) in [5.74, 6) is 2.01. The molecule has 7 nitrogen and oxygen atoms in total. The summed E-state index contributed by atoms with van der Waals surface area (Å²) in [7, 11) is 0. The highest BCUT2D eigenvalue weighted by atomic mass is 16.5. The molecule has 0 spiro atoms. The Kier molecular flexibility index (Phi) is 6.34. The largest absolute Gasteiger partial charge is 0.489 e. The second kappa shape index (κ2) is 9.91. The molecule has 2 aromatic heterocycles. The zero-order chi connectivity index (χ0) is 24.5. The first-order chi connectivity index (χ1) is 17.6. The number of benzene rings is 2. The normalized spacial score (nSPS) is 20.9. The highest BCUT2D eigenvalue weighted by molar-refractivity contribution is 6.00. The van der Waals surface area contributed by atoms with Crippen molar-refractivity contribution in [2.24, 2.45) is 5.92 Å². The van der Waals surface area contributed by atoms with Gasteiger partial charge in [0.15, 0.2) is 0 Å². The molecule has 7 heteroatoms. The van der Waals surface area contributed by atoms with Crippen LogP contribution in [0.2, 0.25) is 0 Å². The van der Waals surface area contributed by atoms with Gasteiger partial charge in [-0.2, -0.15) is 0 Å². The van der Waals surface area contributed by atoms with E-state index < -0.39 is 0 Å². The Hall–Kier alpha value is -3.42. The summed E-state index contributed by atoms with van der Waals surface area (Å²) in [6, 6.07) is 18.8. The summed E-state index contributed by atoms with van der Waals surface area (Å²) >= 11 is 0. The molecule has 1 saturated carbocycles. The second-order valence-electron chi connectivity index (χ2n) is 10.2. The molecular weight excluding hydrogens is 450 g/mol. The number of fused-ring (bicyclic) bond motifs is 1. The van der Waals surface area contributed by atoms with Crippen LogP contribution in [0.3, 0.4) is 0 Å². The molecule has 36 heavy (non-hydrogen) atoms. The molecule has 1 aliphatic carbocycles. The highest BCUT2D eigenvalue weighted by Gasteiger charge is 2.34. The first-order valence-corrected chi connectivity index (χ1v) is 12.9. The molecule has 6 rings (SSSR count). The number of rotatable bonds is 7. The molecule has 0 bridgehead atoms. The Morgan fingerprint density at radius 1 is 1.00 bits per heavy atom. The predicted octanol–water partition coefficient (Wildman–Crippen LogP) is 4.67. The number of piperidine rings is 1.